The predicted octanol–water partition coefficient (Wildman–Crippen LogP) is 3.09. The number of benzene rings is 1. The highest BCUT2D eigenvalue weighted by molar-refractivity contribution is 6.03. The van der Waals surface area contributed by atoms with Crippen LogP contribution in [0.5, 0.6) is 0 Å². The number of hydrogen-bond donors (Lipinski definition) is 2. The van der Waals surface area contributed by atoms with Gasteiger partial charge in [-0.05, 0) is 49.1 Å². The molecule has 0 bridgehead atoms. The van der Waals surface area contributed by atoms with Crippen LogP contribution in [0.25, 0.3) is 11.3 Å². The third kappa shape index (κ3) is 4.22. The monoisotopic (exact) mass is 369 g/mol. The number of carbonyl (C=O) groups is 1. The van der Waals surface area contributed by atoms with E-state index < -0.39 is 0 Å². The van der Waals surface area contributed by atoms with Crippen LogP contribution in [0.1, 0.15) is 23.3 Å². The standard InChI is InChI=1S/C19H20FN5O2/c20-15-3-1-14(2-4-15)17-9-18(24-23-17)19(26)22-16-10-21-25(12-16)11-13-5-7-27-8-6-13/h1-4,9-10,12-13H,5-8,11H2,(H,22,26)(H,23,24). The molecule has 0 saturated carbocycles. The quantitative estimate of drug-likeness (QED) is 0.724. The molecule has 8 heteroatoms. The van der Waals surface area contributed by atoms with Crippen LogP contribution in [0.15, 0.2) is 42.7 Å². The van der Waals surface area contributed by atoms with Crippen LogP contribution in [-0.2, 0) is 11.3 Å². The Labute approximate surface area is 155 Å². The molecule has 4 rings (SSSR count). The van der Waals surface area contributed by atoms with Crippen molar-refractivity contribution in [3.63, 3.8) is 0 Å². The van der Waals surface area contributed by atoms with E-state index in [2.05, 4.69) is 20.6 Å². The van der Waals surface area contributed by atoms with E-state index in [1.807, 2.05) is 10.9 Å². The molecule has 0 atom stereocenters. The van der Waals surface area contributed by atoms with Gasteiger partial charge in [-0.15, -0.1) is 0 Å². The Hall–Kier alpha value is -3.00. The minimum Gasteiger partial charge on any atom is -0.381 e. The molecule has 0 radical (unpaired) electrons. The molecule has 1 fully saturated rings. The average Bonchev–Trinajstić information content (AvgIpc) is 3.33. The van der Waals surface area contributed by atoms with Gasteiger partial charge in [0.2, 0.25) is 0 Å². The largest absolute Gasteiger partial charge is 0.381 e. The molecule has 2 N–H and O–H groups in total. The van der Waals surface area contributed by atoms with E-state index in [1.54, 1.807) is 24.4 Å². The third-order valence-corrected chi connectivity index (χ3v) is 4.64. The lowest BCUT2D eigenvalue weighted by Gasteiger charge is -2.21. The first-order valence-corrected chi connectivity index (χ1v) is 8.90. The van der Waals surface area contributed by atoms with Gasteiger partial charge in [0.05, 0.1) is 17.6 Å². The van der Waals surface area contributed by atoms with E-state index in [0.717, 1.165) is 38.2 Å². The summed E-state index contributed by atoms with van der Waals surface area (Å²) in [6.45, 7) is 2.41. The van der Waals surface area contributed by atoms with Crippen molar-refractivity contribution < 1.29 is 13.9 Å². The van der Waals surface area contributed by atoms with Crippen molar-refractivity contribution in [3.05, 3.63) is 54.2 Å². The molecule has 0 unspecified atom stereocenters. The Morgan fingerprint density at radius 2 is 2.07 bits per heavy atom. The van der Waals surface area contributed by atoms with E-state index in [-0.39, 0.29) is 11.7 Å². The first-order valence-electron chi connectivity index (χ1n) is 8.90. The van der Waals surface area contributed by atoms with Crippen molar-refractivity contribution >= 4 is 11.6 Å². The molecule has 1 aliphatic rings. The van der Waals surface area contributed by atoms with Gasteiger partial charge in [0.25, 0.3) is 5.91 Å². The fourth-order valence-corrected chi connectivity index (χ4v) is 3.13. The fourth-order valence-electron chi connectivity index (χ4n) is 3.13. The van der Waals surface area contributed by atoms with Crippen LogP contribution in [0.2, 0.25) is 0 Å². The summed E-state index contributed by atoms with van der Waals surface area (Å²) in [4.78, 5) is 12.4. The number of anilines is 1. The van der Waals surface area contributed by atoms with E-state index in [0.29, 0.717) is 23.0 Å². The lowest BCUT2D eigenvalue weighted by Crippen LogP contribution is -2.20. The third-order valence-electron chi connectivity index (χ3n) is 4.64. The second kappa shape index (κ2) is 7.71. The lowest BCUT2D eigenvalue weighted by atomic mass is 10.0. The number of H-pyrrole nitrogens is 1. The maximum Gasteiger partial charge on any atom is 0.273 e. The Bertz CT molecular complexity index is 912. The zero-order valence-electron chi connectivity index (χ0n) is 14.7. The first kappa shape index (κ1) is 17.4. The van der Waals surface area contributed by atoms with Crippen LogP contribution in [0, 0.1) is 11.7 Å². The van der Waals surface area contributed by atoms with Crippen molar-refractivity contribution in [1.29, 1.82) is 0 Å². The summed E-state index contributed by atoms with van der Waals surface area (Å²) in [5.74, 6) is -0.0698. The van der Waals surface area contributed by atoms with E-state index in [9.17, 15) is 9.18 Å². The Kier molecular flexibility index (Phi) is 4.97. The molecule has 1 saturated heterocycles. The molecule has 0 spiro atoms. The molecule has 3 aromatic rings. The van der Waals surface area contributed by atoms with Crippen LogP contribution < -0.4 is 5.32 Å². The zero-order chi connectivity index (χ0) is 18.6. The number of aromatic amines is 1. The van der Waals surface area contributed by atoms with Crippen LogP contribution in [0.3, 0.4) is 0 Å². The molecule has 3 heterocycles. The highest BCUT2D eigenvalue weighted by atomic mass is 19.1. The maximum absolute atomic E-state index is 13.0. The van der Waals surface area contributed by atoms with Gasteiger partial charge in [0.15, 0.2) is 0 Å². The molecule has 1 aromatic carbocycles. The minimum absolute atomic E-state index is 0.304. The second-order valence-electron chi connectivity index (χ2n) is 6.63. The van der Waals surface area contributed by atoms with Gasteiger partial charge in [-0.1, -0.05) is 0 Å². The number of halogens is 1. The highest BCUT2D eigenvalue weighted by Crippen LogP contribution is 2.20. The molecule has 1 aliphatic heterocycles. The van der Waals surface area contributed by atoms with E-state index in [1.165, 1.54) is 12.1 Å². The van der Waals surface area contributed by atoms with Gasteiger partial charge >= 0.3 is 0 Å². The van der Waals surface area contributed by atoms with Crippen LogP contribution in [0.4, 0.5) is 10.1 Å². The smallest absolute Gasteiger partial charge is 0.273 e. The minimum atomic E-state index is -0.315. The number of nitrogens with one attached hydrogen (secondary N) is 2. The Morgan fingerprint density at radius 1 is 1.30 bits per heavy atom. The van der Waals surface area contributed by atoms with Crippen molar-refractivity contribution in [2.45, 2.75) is 19.4 Å². The number of rotatable bonds is 5. The highest BCUT2D eigenvalue weighted by Gasteiger charge is 2.16. The summed E-state index contributed by atoms with van der Waals surface area (Å²) in [6.07, 6.45) is 5.52. The summed E-state index contributed by atoms with van der Waals surface area (Å²) in [7, 11) is 0. The zero-order valence-corrected chi connectivity index (χ0v) is 14.7. The number of ether oxygens (including phenoxy) is 1. The summed E-state index contributed by atoms with van der Waals surface area (Å²) in [5, 5.41) is 14.0. The van der Waals surface area contributed by atoms with Gasteiger partial charge in [-0.25, -0.2) is 4.39 Å². The molecule has 27 heavy (non-hydrogen) atoms. The van der Waals surface area contributed by atoms with Crippen LogP contribution in [-0.4, -0.2) is 39.1 Å². The van der Waals surface area contributed by atoms with E-state index in [4.69, 9.17) is 4.74 Å². The summed E-state index contributed by atoms with van der Waals surface area (Å²) in [5.41, 5.74) is 2.27. The summed E-state index contributed by atoms with van der Waals surface area (Å²) in [6, 6.07) is 7.59. The number of hydrogen-bond acceptors (Lipinski definition) is 4. The Morgan fingerprint density at radius 3 is 2.85 bits per heavy atom. The van der Waals surface area contributed by atoms with Crippen molar-refractivity contribution in [1.82, 2.24) is 20.0 Å². The molecule has 140 valence electrons. The molecule has 2 aromatic heterocycles. The Balaban J connectivity index is 1.38. The molecule has 0 aliphatic carbocycles. The van der Waals surface area contributed by atoms with Crippen molar-refractivity contribution in [3.8, 4) is 11.3 Å². The normalized spacial score (nSPS) is 15.0. The number of aromatic nitrogens is 4. The lowest BCUT2D eigenvalue weighted by molar-refractivity contribution is 0.0601. The SMILES string of the molecule is O=C(Nc1cnn(CC2CCOCC2)c1)c1cc(-c2ccc(F)cc2)n[nH]1. The molecular formula is C19H20FN5O2. The fraction of sp³-hybridized carbons (Fsp3) is 0.316. The average molecular weight is 369 g/mol. The van der Waals surface area contributed by atoms with Crippen LogP contribution >= 0.6 is 0 Å². The first-order chi connectivity index (χ1) is 13.2. The second-order valence-corrected chi connectivity index (χ2v) is 6.63. The van der Waals surface area contributed by atoms with Crippen molar-refractivity contribution in [2.75, 3.05) is 18.5 Å². The van der Waals surface area contributed by atoms with Gasteiger partial charge in [-0.2, -0.15) is 10.2 Å². The molecular weight excluding hydrogens is 349 g/mol. The summed E-state index contributed by atoms with van der Waals surface area (Å²) >= 11 is 0. The molecule has 7 nitrogen and oxygen atoms in total. The van der Waals surface area contributed by atoms with E-state index >= 15 is 0 Å². The topological polar surface area (TPSA) is 84.8 Å². The van der Waals surface area contributed by atoms with Gasteiger partial charge in [0, 0.05) is 31.5 Å². The number of amides is 1. The van der Waals surface area contributed by atoms with Gasteiger partial charge in [-0.3, -0.25) is 14.6 Å². The van der Waals surface area contributed by atoms with Gasteiger partial charge < -0.3 is 10.1 Å². The summed E-state index contributed by atoms with van der Waals surface area (Å²) < 4.78 is 20.2. The van der Waals surface area contributed by atoms with Crippen molar-refractivity contribution in [2.24, 2.45) is 5.92 Å². The maximum atomic E-state index is 13.0. The number of carbonyl (C=O) groups excluding carboxylic acids is 1. The number of nitrogens with zero attached hydrogens (tertiary/aromatic N) is 3. The van der Waals surface area contributed by atoms with Gasteiger partial charge in [0.1, 0.15) is 11.5 Å². The molecule has 1 amide bonds. The predicted molar refractivity (Wildman–Crippen MR) is 97.7 cm³/mol.